The molecule has 0 unspecified atom stereocenters. The number of hydrogen-bond acceptors (Lipinski definition) is 1. The molecule has 42 valence electrons. The number of rotatable bonds is 1. The molecule has 0 aromatic heterocycles. The van der Waals surface area contributed by atoms with Crippen LogP contribution in [0.5, 0.6) is 0 Å². The van der Waals surface area contributed by atoms with E-state index >= 15 is 0 Å². The summed E-state index contributed by atoms with van der Waals surface area (Å²) in [7, 11) is 0. The normalized spacial score (nSPS) is 16.6. The van der Waals surface area contributed by atoms with Crippen molar-refractivity contribution in [3.05, 3.63) is 36.1 Å². The van der Waals surface area contributed by atoms with Crippen LogP contribution in [0.1, 0.15) is 0 Å². The van der Waals surface area contributed by atoms with Gasteiger partial charge >= 0.3 is 58.1 Å². The standard InChI is InChI=1S/C6H5N.Os/c1-5-3-2-4-6(5)7;/h2-4H,1H2;. The van der Waals surface area contributed by atoms with Crippen LogP contribution in [0.25, 0.3) is 0 Å². The summed E-state index contributed by atoms with van der Waals surface area (Å²) in [6.07, 6.45) is 5.86. The molecule has 0 aromatic carbocycles. The Morgan fingerprint density at radius 1 is 1.62 bits per heavy atom. The van der Waals surface area contributed by atoms with Gasteiger partial charge in [0, 0.05) is 0 Å². The molecule has 1 nitrogen and oxygen atoms in total. The molecule has 0 bridgehead atoms. The summed E-state index contributed by atoms with van der Waals surface area (Å²) < 4.78 is 4.00. The molecule has 2 heteroatoms. The fourth-order valence-corrected chi connectivity index (χ4v) is 1.08. The van der Waals surface area contributed by atoms with Crippen molar-refractivity contribution in [2.45, 2.75) is 0 Å². The number of hydrogen-bond donors (Lipinski definition) is 0. The number of nitrogens with zero attached hydrogens (tertiary/aromatic N) is 1. The summed E-state index contributed by atoms with van der Waals surface area (Å²) >= 11 is 1.59. The van der Waals surface area contributed by atoms with Gasteiger partial charge in [-0.3, -0.25) is 0 Å². The Bertz CT molecular complexity index is 189. The van der Waals surface area contributed by atoms with E-state index in [1.807, 2.05) is 18.2 Å². The maximum atomic E-state index is 4.00. The van der Waals surface area contributed by atoms with Crippen LogP contribution < -0.4 is 0 Å². The maximum absolute atomic E-state index is 4.00. The third-order valence-electron chi connectivity index (χ3n) is 0.966. The fraction of sp³-hybridized carbons (Fsp3) is 0. The van der Waals surface area contributed by atoms with E-state index in [1.165, 1.54) is 0 Å². The van der Waals surface area contributed by atoms with Crippen LogP contribution in [0, 0.1) is 0 Å². The quantitative estimate of drug-likeness (QED) is 0.694. The van der Waals surface area contributed by atoms with Crippen LogP contribution in [-0.2, 0) is 18.4 Å². The topological polar surface area (TPSA) is 12.4 Å². The molecule has 0 atom stereocenters. The molecule has 0 aliphatic heterocycles. The van der Waals surface area contributed by atoms with Gasteiger partial charge < -0.3 is 0 Å². The molecule has 1 rings (SSSR count). The Morgan fingerprint density at radius 2 is 2.38 bits per heavy atom. The zero-order chi connectivity index (χ0) is 5.98. The van der Waals surface area contributed by atoms with Gasteiger partial charge in [0.25, 0.3) is 0 Å². The Hall–Kier alpha value is -0.344. The third kappa shape index (κ3) is 0.903. The van der Waals surface area contributed by atoms with Gasteiger partial charge in [-0.2, -0.15) is 0 Å². The van der Waals surface area contributed by atoms with Gasteiger partial charge in [0.15, 0.2) is 0 Å². The molecule has 0 fully saturated rings. The molecule has 0 radical (unpaired) electrons. The molecule has 8 heavy (non-hydrogen) atoms. The van der Waals surface area contributed by atoms with Gasteiger partial charge in [-0.15, -0.1) is 0 Å². The molecule has 1 aliphatic rings. The van der Waals surface area contributed by atoms with Gasteiger partial charge in [-0.25, -0.2) is 0 Å². The van der Waals surface area contributed by atoms with E-state index in [4.69, 9.17) is 0 Å². The minimum atomic E-state index is 1.00. The second kappa shape index (κ2) is 2.28. The van der Waals surface area contributed by atoms with Gasteiger partial charge in [0.1, 0.15) is 0 Å². The van der Waals surface area contributed by atoms with E-state index in [2.05, 4.69) is 10.2 Å². The first kappa shape index (κ1) is 5.79. The first-order valence-corrected chi connectivity index (χ1v) is 3.37. The Kier molecular flexibility index (Phi) is 1.65. The van der Waals surface area contributed by atoms with Crippen LogP contribution in [-0.4, -0.2) is 0 Å². The van der Waals surface area contributed by atoms with Gasteiger partial charge in [0.05, 0.1) is 0 Å². The van der Waals surface area contributed by atoms with Gasteiger partial charge in [0.2, 0.25) is 0 Å². The summed E-state index contributed by atoms with van der Waals surface area (Å²) in [5, 5.41) is 0. The summed E-state index contributed by atoms with van der Waals surface area (Å²) in [6.45, 7) is 3.76. The van der Waals surface area contributed by atoms with Crippen LogP contribution in [0.15, 0.2) is 39.7 Å². The predicted octanol–water partition coefficient (Wildman–Crippen LogP) is 1.73. The Balaban J connectivity index is 2.88. The Morgan fingerprint density at radius 3 is 2.62 bits per heavy atom. The fourth-order valence-electron chi connectivity index (χ4n) is 0.525. The average Bonchev–Trinajstić information content (AvgIpc) is 2.14. The minimum absolute atomic E-state index is 1.00. The van der Waals surface area contributed by atoms with Crippen LogP contribution in [0.3, 0.4) is 0 Å². The van der Waals surface area contributed by atoms with E-state index in [-0.39, 0.29) is 0 Å². The molecule has 0 amide bonds. The monoisotopic (exact) mass is 283 g/mol. The summed E-state index contributed by atoms with van der Waals surface area (Å²) in [5.41, 5.74) is 2.02. The molecule has 0 saturated carbocycles. The van der Waals surface area contributed by atoms with Crippen molar-refractivity contribution in [3.63, 3.8) is 0 Å². The van der Waals surface area contributed by atoms with Crippen LogP contribution in [0.4, 0.5) is 0 Å². The molecule has 0 N–H and O–H groups in total. The van der Waals surface area contributed by atoms with Crippen LogP contribution in [0.2, 0.25) is 0 Å². The molecule has 0 saturated heterocycles. The SMILES string of the molecule is C=C1C=CC=C1[N]=[Os]. The van der Waals surface area contributed by atoms with Crippen molar-refractivity contribution in [1.29, 1.82) is 0 Å². The molecule has 1 aliphatic carbocycles. The molecular weight excluding hydrogens is 276 g/mol. The molecule has 0 heterocycles. The van der Waals surface area contributed by atoms with Crippen molar-refractivity contribution in [3.8, 4) is 0 Å². The van der Waals surface area contributed by atoms with E-state index in [0.717, 1.165) is 11.3 Å². The van der Waals surface area contributed by atoms with E-state index in [9.17, 15) is 0 Å². The zero-order valence-corrected chi connectivity index (χ0v) is 6.78. The van der Waals surface area contributed by atoms with E-state index in [1.54, 1.807) is 18.4 Å². The summed E-state index contributed by atoms with van der Waals surface area (Å²) in [4.78, 5) is 0. The van der Waals surface area contributed by atoms with Crippen molar-refractivity contribution in [1.82, 2.24) is 0 Å². The zero-order valence-electron chi connectivity index (χ0n) is 4.24. The molecular formula is C6H5NOs. The molecule has 0 aromatic rings. The summed E-state index contributed by atoms with van der Waals surface area (Å²) in [5.74, 6) is 0. The summed E-state index contributed by atoms with van der Waals surface area (Å²) in [6, 6.07) is 0. The second-order valence-corrected chi connectivity index (χ2v) is 2.08. The predicted molar refractivity (Wildman–Crippen MR) is 28.8 cm³/mol. The first-order valence-electron chi connectivity index (χ1n) is 2.23. The van der Waals surface area contributed by atoms with Crippen LogP contribution >= 0.6 is 0 Å². The average molecular weight is 281 g/mol. The Labute approximate surface area is 58.5 Å². The van der Waals surface area contributed by atoms with Gasteiger partial charge in [-0.05, 0) is 0 Å². The van der Waals surface area contributed by atoms with E-state index < -0.39 is 0 Å². The van der Waals surface area contributed by atoms with E-state index in [0.29, 0.717) is 0 Å². The van der Waals surface area contributed by atoms with Crippen molar-refractivity contribution >= 4 is 0 Å². The third-order valence-corrected chi connectivity index (χ3v) is 1.58. The van der Waals surface area contributed by atoms with Crippen molar-refractivity contribution in [2.24, 2.45) is 3.65 Å². The second-order valence-electron chi connectivity index (χ2n) is 1.52. The van der Waals surface area contributed by atoms with Crippen molar-refractivity contribution < 1.29 is 18.4 Å². The number of allylic oxidation sites excluding steroid dienone is 3. The molecule has 0 spiro atoms. The first-order chi connectivity index (χ1) is 3.84. The van der Waals surface area contributed by atoms with Crippen molar-refractivity contribution in [2.75, 3.05) is 0 Å². The van der Waals surface area contributed by atoms with Gasteiger partial charge in [-0.1, -0.05) is 0 Å².